The van der Waals surface area contributed by atoms with E-state index in [0.717, 1.165) is 15.1 Å². The maximum Gasteiger partial charge on any atom is 0.199 e. The van der Waals surface area contributed by atoms with E-state index in [1.54, 1.807) is 6.07 Å². The molecule has 0 spiro atoms. The Hall–Kier alpha value is -2.26. The van der Waals surface area contributed by atoms with E-state index in [9.17, 15) is 9.59 Å². The monoisotopic (exact) mass is 266 g/mol. The van der Waals surface area contributed by atoms with Crippen LogP contribution in [0.1, 0.15) is 10.4 Å². The van der Waals surface area contributed by atoms with E-state index in [4.69, 9.17) is 0 Å². The van der Waals surface area contributed by atoms with E-state index in [1.165, 1.54) is 11.3 Å². The van der Waals surface area contributed by atoms with Gasteiger partial charge in [0.05, 0.1) is 5.56 Å². The summed E-state index contributed by atoms with van der Waals surface area (Å²) in [6, 6.07) is 16.9. The van der Waals surface area contributed by atoms with Crippen LogP contribution in [0.5, 0.6) is 0 Å². The van der Waals surface area contributed by atoms with E-state index in [2.05, 4.69) is 0 Å². The Morgan fingerprint density at radius 3 is 2.32 bits per heavy atom. The van der Waals surface area contributed by atoms with Crippen molar-refractivity contribution in [1.29, 1.82) is 0 Å². The first kappa shape index (κ1) is 11.8. The van der Waals surface area contributed by atoms with Gasteiger partial charge in [0.1, 0.15) is 0 Å². The van der Waals surface area contributed by atoms with Gasteiger partial charge >= 0.3 is 0 Å². The van der Waals surface area contributed by atoms with E-state index < -0.39 is 0 Å². The maximum atomic E-state index is 12.3. The van der Waals surface area contributed by atoms with Crippen LogP contribution in [0.25, 0.3) is 20.5 Å². The van der Waals surface area contributed by atoms with Gasteiger partial charge in [0.2, 0.25) is 0 Å². The van der Waals surface area contributed by atoms with Gasteiger partial charge in [-0.15, -0.1) is 11.3 Å². The Balaban J connectivity index is 2.42. The fraction of sp³-hybridized carbons (Fsp3) is 0. The van der Waals surface area contributed by atoms with Gasteiger partial charge in [0.15, 0.2) is 11.7 Å². The molecule has 0 amide bonds. The zero-order chi connectivity index (χ0) is 13.2. The topological polar surface area (TPSA) is 34.1 Å². The Morgan fingerprint density at radius 2 is 1.58 bits per heavy atom. The molecule has 3 rings (SSSR count). The molecule has 0 aliphatic rings. The maximum absolute atomic E-state index is 12.3. The molecule has 19 heavy (non-hydrogen) atoms. The van der Waals surface area contributed by atoms with Crippen LogP contribution >= 0.6 is 11.3 Å². The molecule has 2 nitrogen and oxygen atoms in total. The number of hydrogen-bond donors (Lipinski definition) is 0. The van der Waals surface area contributed by atoms with Crippen molar-refractivity contribution in [2.24, 2.45) is 0 Å². The average molecular weight is 266 g/mol. The summed E-state index contributed by atoms with van der Waals surface area (Å²) in [6.07, 6.45) is 0.660. The number of carbonyl (C=O) groups excluding carboxylic acids is 1. The summed E-state index contributed by atoms with van der Waals surface area (Å²) >= 11 is 1.47. The number of carbonyl (C=O) groups is 1. The second kappa shape index (κ2) is 4.78. The number of hydrogen-bond acceptors (Lipinski definition) is 3. The third kappa shape index (κ3) is 1.98. The number of rotatable bonds is 2. The van der Waals surface area contributed by atoms with Gasteiger partial charge in [0.25, 0.3) is 0 Å². The van der Waals surface area contributed by atoms with Gasteiger partial charge in [-0.2, -0.15) is 0 Å². The minimum atomic E-state index is -0.191. The summed E-state index contributed by atoms with van der Waals surface area (Å²) in [7, 11) is 0. The summed E-state index contributed by atoms with van der Waals surface area (Å²) < 4.78 is 0.900. The highest BCUT2D eigenvalue weighted by atomic mass is 32.1. The Morgan fingerprint density at radius 1 is 0.895 bits per heavy atom. The van der Waals surface area contributed by atoms with E-state index >= 15 is 0 Å². The Labute approximate surface area is 114 Å². The normalized spacial score (nSPS) is 10.5. The lowest BCUT2D eigenvalue weighted by atomic mass is 10.1. The molecule has 2 aromatic carbocycles. The fourth-order valence-corrected chi connectivity index (χ4v) is 3.21. The second-order valence-corrected chi connectivity index (χ2v) is 5.21. The lowest BCUT2D eigenvalue weighted by molar-refractivity contribution is 0.112. The zero-order valence-electron chi connectivity index (χ0n) is 10.00. The molecule has 1 heterocycles. The van der Waals surface area contributed by atoms with E-state index in [1.807, 2.05) is 48.5 Å². The highest BCUT2D eigenvalue weighted by Gasteiger charge is 2.12. The van der Waals surface area contributed by atoms with Crippen LogP contribution in [0.4, 0.5) is 0 Å². The van der Waals surface area contributed by atoms with E-state index in [-0.39, 0.29) is 11.0 Å². The molecule has 3 aromatic rings. The third-order valence-corrected chi connectivity index (χ3v) is 4.22. The smallest absolute Gasteiger partial charge is 0.199 e. The van der Waals surface area contributed by atoms with Gasteiger partial charge in [-0.25, -0.2) is 0 Å². The fourth-order valence-electron chi connectivity index (χ4n) is 2.07. The summed E-state index contributed by atoms with van der Waals surface area (Å²) in [5, 5.41) is 0.606. The zero-order valence-corrected chi connectivity index (χ0v) is 10.8. The number of fused-ring (bicyclic) bond motifs is 1. The molecule has 0 radical (unpaired) electrons. The van der Waals surface area contributed by atoms with Crippen molar-refractivity contribution in [3.8, 4) is 10.4 Å². The first-order chi connectivity index (χ1) is 9.31. The number of benzene rings is 2. The van der Waals surface area contributed by atoms with Crippen molar-refractivity contribution < 1.29 is 4.79 Å². The molecule has 0 bridgehead atoms. The molecule has 3 heteroatoms. The van der Waals surface area contributed by atoms with Crippen molar-refractivity contribution in [2.45, 2.75) is 0 Å². The van der Waals surface area contributed by atoms with Crippen LogP contribution in [0.2, 0.25) is 0 Å². The Kier molecular flexibility index (Phi) is 2.97. The van der Waals surface area contributed by atoms with Crippen LogP contribution in [0.15, 0.2) is 59.4 Å². The first-order valence-electron chi connectivity index (χ1n) is 5.87. The molecule has 0 aliphatic heterocycles. The summed E-state index contributed by atoms with van der Waals surface area (Å²) in [5.74, 6) is 0. The lowest BCUT2D eigenvalue weighted by Crippen LogP contribution is -2.08. The van der Waals surface area contributed by atoms with Crippen LogP contribution in [0.3, 0.4) is 0 Å². The third-order valence-electron chi connectivity index (χ3n) is 2.99. The summed E-state index contributed by atoms with van der Waals surface area (Å²) in [6.45, 7) is 0. The highest BCUT2D eigenvalue weighted by molar-refractivity contribution is 7.21. The molecule has 92 valence electrons. The van der Waals surface area contributed by atoms with Crippen LogP contribution in [0, 0.1) is 0 Å². The standard InChI is InChI=1S/C16H10O2S/c17-10-13-15(18)12-8-4-5-9-14(12)19-16(13)11-6-2-1-3-7-11/h1-10H. The predicted octanol–water partition coefficient (Wildman–Crippen LogP) is 3.74. The largest absolute Gasteiger partial charge is 0.298 e. The van der Waals surface area contributed by atoms with Crippen molar-refractivity contribution in [3.63, 3.8) is 0 Å². The minimum Gasteiger partial charge on any atom is -0.298 e. The van der Waals surface area contributed by atoms with Gasteiger partial charge in [-0.3, -0.25) is 9.59 Å². The van der Waals surface area contributed by atoms with Crippen LogP contribution < -0.4 is 5.43 Å². The van der Waals surface area contributed by atoms with Crippen molar-refractivity contribution >= 4 is 27.7 Å². The molecule has 1 aromatic heterocycles. The second-order valence-electron chi connectivity index (χ2n) is 4.15. The predicted molar refractivity (Wildman–Crippen MR) is 78.9 cm³/mol. The van der Waals surface area contributed by atoms with Gasteiger partial charge in [0, 0.05) is 15.0 Å². The molecule has 0 fully saturated rings. The van der Waals surface area contributed by atoms with Crippen LogP contribution in [-0.2, 0) is 0 Å². The summed E-state index contributed by atoms with van der Waals surface area (Å²) in [4.78, 5) is 24.3. The molecule has 0 atom stereocenters. The SMILES string of the molecule is O=Cc1c(-c2ccccc2)sc2ccccc2c1=O. The lowest BCUT2D eigenvalue weighted by Gasteiger charge is -2.05. The average Bonchev–Trinajstić information content (AvgIpc) is 2.48. The van der Waals surface area contributed by atoms with E-state index in [0.29, 0.717) is 11.7 Å². The van der Waals surface area contributed by atoms with Crippen LogP contribution in [-0.4, -0.2) is 6.29 Å². The van der Waals surface area contributed by atoms with Gasteiger partial charge in [-0.1, -0.05) is 42.5 Å². The van der Waals surface area contributed by atoms with Gasteiger partial charge in [-0.05, 0) is 17.7 Å². The first-order valence-corrected chi connectivity index (χ1v) is 6.69. The van der Waals surface area contributed by atoms with Crippen molar-refractivity contribution in [1.82, 2.24) is 0 Å². The molecule has 0 aliphatic carbocycles. The molecule has 0 unspecified atom stereocenters. The van der Waals surface area contributed by atoms with Crippen molar-refractivity contribution in [3.05, 3.63) is 70.4 Å². The summed E-state index contributed by atoms with van der Waals surface area (Å²) in [5.41, 5.74) is 0.954. The quantitative estimate of drug-likeness (QED) is 0.662. The molecule has 0 saturated heterocycles. The van der Waals surface area contributed by atoms with Crippen molar-refractivity contribution in [2.75, 3.05) is 0 Å². The molecular formula is C16H10O2S. The minimum absolute atomic E-state index is 0.191. The molecule has 0 N–H and O–H groups in total. The molecular weight excluding hydrogens is 256 g/mol. The highest BCUT2D eigenvalue weighted by Crippen LogP contribution is 2.30. The van der Waals surface area contributed by atoms with Gasteiger partial charge < -0.3 is 0 Å². The Bertz CT molecular complexity index is 804. The molecule has 0 saturated carbocycles. The number of aldehydes is 1.